The van der Waals surface area contributed by atoms with Crippen LogP contribution in [0.25, 0.3) is 5.95 Å². The number of halogens is 1. The van der Waals surface area contributed by atoms with E-state index in [1.54, 1.807) is 6.20 Å². The van der Waals surface area contributed by atoms with Crippen molar-refractivity contribution in [3.8, 4) is 5.95 Å². The normalized spacial score (nSPS) is 10.7. The molecule has 2 N–H and O–H groups in total. The van der Waals surface area contributed by atoms with E-state index in [1.807, 2.05) is 6.92 Å². The van der Waals surface area contributed by atoms with E-state index in [2.05, 4.69) is 40.5 Å². The van der Waals surface area contributed by atoms with Crippen LogP contribution in [-0.4, -0.2) is 39.9 Å². The average molecular weight is 292 g/mol. The Balaban J connectivity index is 1.81. The van der Waals surface area contributed by atoms with Crippen LogP contribution in [0.2, 0.25) is 5.28 Å². The molecule has 9 nitrogen and oxygen atoms in total. The lowest BCUT2D eigenvalue weighted by Gasteiger charge is -2.05. The lowest BCUT2D eigenvalue weighted by Crippen LogP contribution is -2.09. The van der Waals surface area contributed by atoms with E-state index in [4.69, 9.17) is 11.6 Å². The fourth-order valence-corrected chi connectivity index (χ4v) is 1.72. The number of hydrogen-bond donors (Lipinski definition) is 2. The van der Waals surface area contributed by atoms with Crippen molar-refractivity contribution in [3.63, 3.8) is 0 Å². The van der Waals surface area contributed by atoms with Gasteiger partial charge in [-0.1, -0.05) is 0 Å². The van der Waals surface area contributed by atoms with Crippen LogP contribution in [0.3, 0.4) is 0 Å². The number of aryl methyl sites for hydroxylation is 1. The number of rotatable bonds is 4. The molecule has 3 heterocycles. The first-order valence-corrected chi connectivity index (χ1v) is 6.09. The van der Waals surface area contributed by atoms with Crippen LogP contribution in [0, 0.1) is 6.92 Å². The summed E-state index contributed by atoms with van der Waals surface area (Å²) in [6, 6.07) is 0. The monoisotopic (exact) mass is 291 g/mol. The quantitative estimate of drug-likeness (QED) is 0.729. The zero-order chi connectivity index (χ0) is 13.9. The van der Waals surface area contributed by atoms with Crippen LogP contribution in [0.15, 0.2) is 18.9 Å². The third-order valence-electron chi connectivity index (χ3n) is 2.59. The van der Waals surface area contributed by atoms with Crippen LogP contribution in [0.4, 0.5) is 5.95 Å². The Morgan fingerprint density at radius 1 is 1.35 bits per heavy atom. The Morgan fingerprint density at radius 3 is 2.95 bits per heavy atom. The van der Waals surface area contributed by atoms with E-state index in [0.29, 0.717) is 18.4 Å². The van der Waals surface area contributed by atoms with Gasteiger partial charge in [0.2, 0.25) is 11.2 Å². The smallest absolute Gasteiger partial charge is 0.258 e. The van der Waals surface area contributed by atoms with Gasteiger partial charge in [0.1, 0.15) is 12.7 Å². The summed E-state index contributed by atoms with van der Waals surface area (Å²) in [5, 5.41) is 13.9. The molecule has 10 heteroatoms. The molecular formula is C10H10ClN9. The van der Waals surface area contributed by atoms with Gasteiger partial charge in [-0.05, 0) is 18.5 Å². The summed E-state index contributed by atoms with van der Waals surface area (Å²) >= 11 is 5.88. The summed E-state index contributed by atoms with van der Waals surface area (Å²) in [4.78, 5) is 16.0. The summed E-state index contributed by atoms with van der Waals surface area (Å²) in [7, 11) is 0. The van der Waals surface area contributed by atoms with Crippen LogP contribution in [0.5, 0.6) is 0 Å². The van der Waals surface area contributed by atoms with Crippen molar-refractivity contribution in [2.75, 3.05) is 5.32 Å². The zero-order valence-corrected chi connectivity index (χ0v) is 11.2. The number of nitrogens with zero attached hydrogens (tertiary/aromatic N) is 7. The SMILES string of the molecule is Cc1[nH]ncc1CNc1nc(Cl)nc(-n2cncn2)n1. The van der Waals surface area contributed by atoms with E-state index in [9.17, 15) is 0 Å². The zero-order valence-electron chi connectivity index (χ0n) is 10.4. The first-order valence-electron chi connectivity index (χ1n) is 5.71. The molecule has 0 fully saturated rings. The van der Waals surface area contributed by atoms with Crippen molar-refractivity contribution >= 4 is 17.5 Å². The van der Waals surface area contributed by atoms with Crippen molar-refractivity contribution in [1.82, 2.24) is 39.9 Å². The summed E-state index contributed by atoms with van der Waals surface area (Å²) in [5.74, 6) is 0.657. The minimum Gasteiger partial charge on any atom is -0.350 e. The minimum absolute atomic E-state index is 0.0805. The van der Waals surface area contributed by atoms with Gasteiger partial charge in [-0.2, -0.15) is 29.8 Å². The highest BCUT2D eigenvalue weighted by Gasteiger charge is 2.08. The first kappa shape index (κ1) is 12.5. The van der Waals surface area contributed by atoms with Crippen molar-refractivity contribution in [2.24, 2.45) is 0 Å². The molecule has 0 amide bonds. The molecule has 3 aromatic rings. The number of aromatic amines is 1. The lowest BCUT2D eigenvalue weighted by molar-refractivity contribution is 0.793. The summed E-state index contributed by atoms with van der Waals surface area (Å²) in [6.07, 6.45) is 4.61. The van der Waals surface area contributed by atoms with Gasteiger partial charge in [0.15, 0.2) is 0 Å². The third-order valence-corrected chi connectivity index (χ3v) is 2.76. The highest BCUT2D eigenvalue weighted by molar-refractivity contribution is 6.28. The average Bonchev–Trinajstić information content (AvgIpc) is 3.07. The molecule has 0 radical (unpaired) electrons. The fourth-order valence-electron chi connectivity index (χ4n) is 1.56. The molecule has 20 heavy (non-hydrogen) atoms. The topological polar surface area (TPSA) is 110 Å². The molecule has 3 rings (SSSR count). The van der Waals surface area contributed by atoms with Crippen LogP contribution >= 0.6 is 11.6 Å². The van der Waals surface area contributed by atoms with Crippen molar-refractivity contribution < 1.29 is 0 Å². The van der Waals surface area contributed by atoms with Gasteiger partial charge < -0.3 is 5.32 Å². The van der Waals surface area contributed by atoms with Gasteiger partial charge in [0.25, 0.3) is 5.95 Å². The highest BCUT2D eigenvalue weighted by atomic mass is 35.5. The van der Waals surface area contributed by atoms with Crippen LogP contribution in [0.1, 0.15) is 11.3 Å². The molecule has 0 aromatic carbocycles. The summed E-state index contributed by atoms with van der Waals surface area (Å²) < 4.78 is 1.40. The number of H-pyrrole nitrogens is 1. The maximum Gasteiger partial charge on any atom is 0.258 e. The van der Waals surface area contributed by atoms with Crippen molar-refractivity contribution in [3.05, 3.63) is 35.4 Å². The van der Waals surface area contributed by atoms with Crippen LogP contribution < -0.4 is 5.32 Å². The Morgan fingerprint density at radius 2 is 2.25 bits per heavy atom. The second-order valence-electron chi connectivity index (χ2n) is 3.94. The molecule has 0 aliphatic carbocycles. The number of hydrogen-bond acceptors (Lipinski definition) is 7. The summed E-state index contributed by atoms with van der Waals surface area (Å²) in [6.45, 7) is 2.46. The Labute approximate surface area is 118 Å². The highest BCUT2D eigenvalue weighted by Crippen LogP contribution is 2.10. The van der Waals surface area contributed by atoms with Crippen LogP contribution in [-0.2, 0) is 6.54 Å². The molecule has 0 saturated carbocycles. The minimum atomic E-state index is 0.0805. The van der Waals surface area contributed by atoms with Gasteiger partial charge in [-0.25, -0.2) is 4.98 Å². The van der Waals surface area contributed by atoms with Gasteiger partial charge in [-0.3, -0.25) is 5.10 Å². The van der Waals surface area contributed by atoms with E-state index < -0.39 is 0 Å². The van der Waals surface area contributed by atoms with Crippen molar-refractivity contribution in [1.29, 1.82) is 0 Å². The molecule has 0 aliphatic rings. The number of nitrogens with one attached hydrogen (secondary N) is 2. The van der Waals surface area contributed by atoms with Gasteiger partial charge >= 0.3 is 0 Å². The molecule has 0 unspecified atom stereocenters. The molecule has 0 atom stereocenters. The number of anilines is 1. The van der Waals surface area contributed by atoms with E-state index in [0.717, 1.165) is 11.3 Å². The first-order chi connectivity index (χ1) is 9.72. The maximum absolute atomic E-state index is 5.88. The molecule has 0 bridgehead atoms. The molecule has 0 saturated heterocycles. The second-order valence-corrected chi connectivity index (χ2v) is 4.28. The second kappa shape index (κ2) is 5.21. The molecule has 0 spiro atoms. The standard InChI is InChI=1S/C10H10ClN9/c1-6-7(3-14-19-6)2-13-9-16-8(11)17-10(18-9)20-5-12-4-15-20/h3-5H,2H2,1H3,(H,14,19)(H,13,16,17,18). The Bertz CT molecular complexity index is 705. The number of aromatic nitrogens is 8. The third kappa shape index (κ3) is 2.57. The largest absolute Gasteiger partial charge is 0.350 e. The van der Waals surface area contributed by atoms with Gasteiger partial charge in [0, 0.05) is 17.8 Å². The fraction of sp³-hybridized carbons (Fsp3) is 0.200. The molecular weight excluding hydrogens is 282 g/mol. The molecule has 102 valence electrons. The molecule has 0 aliphatic heterocycles. The van der Waals surface area contributed by atoms with E-state index >= 15 is 0 Å². The molecule has 3 aromatic heterocycles. The van der Waals surface area contributed by atoms with Crippen molar-refractivity contribution in [2.45, 2.75) is 13.5 Å². The van der Waals surface area contributed by atoms with Gasteiger partial charge in [0.05, 0.1) is 6.20 Å². The van der Waals surface area contributed by atoms with E-state index in [1.165, 1.54) is 17.3 Å². The predicted molar refractivity (Wildman–Crippen MR) is 70.4 cm³/mol. The summed E-state index contributed by atoms with van der Waals surface area (Å²) in [5.41, 5.74) is 2.00. The predicted octanol–water partition coefficient (Wildman–Crippen LogP) is 0.749. The Hall–Kier alpha value is -2.55. The Kier molecular flexibility index (Phi) is 3.25. The van der Waals surface area contributed by atoms with E-state index in [-0.39, 0.29) is 5.28 Å². The lowest BCUT2D eigenvalue weighted by atomic mass is 10.3. The maximum atomic E-state index is 5.88. The van der Waals surface area contributed by atoms with Gasteiger partial charge in [-0.15, -0.1) is 0 Å².